The van der Waals surface area contributed by atoms with Gasteiger partial charge >= 0.3 is 0 Å². The first-order valence-electron chi connectivity index (χ1n) is 7.11. The van der Waals surface area contributed by atoms with Gasteiger partial charge in [-0.1, -0.05) is 61.2 Å². The maximum Gasteiger partial charge on any atom is 0.142 e. The lowest BCUT2D eigenvalue weighted by Gasteiger charge is -2.17. The van der Waals surface area contributed by atoms with Crippen LogP contribution < -0.4 is 0 Å². The van der Waals surface area contributed by atoms with Crippen LogP contribution in [0.4, 0.5) is 0 Å². The third-order valence-electron chi connectivity index (χ3n) is 3.47. The van der Waals surface area contributed by atoms with Crippen LogP contribution in [0, 0.1) is 0 Å². The topological polar surface area (TPSA) is 39.9 Å². The molecule has 1 unspecified atom stereocenters. The second kappa shape index (κ2) is 6.72. The largest absolute Gasteiger partial charge is 0.492 e. The van der Waals surface area contributed by atoms with E-state index in [1.165, 1.54) is 23.7 Å². The fourth-order valence-corrected chi connectivity index (χ4v) is 2.36. The van der Waals surface area contributed by atoms with Crippen molar-refractivity contribution >= 4 is 0 Å². The molecular formula is C18H17N3O. The van der Waals surface area contributed by atoms with E-state index in [-0.39, 0.29) is 6.10 Å². The average Bonchev–Trinajstić information content (AvgIpc) is 3.09. The molecule has 0 aliphatic rings. The van der Waals surface area contributed by atoms with E-state index in [9.17, 15) is 0 Å². The molecule has 3 aromatic rings. The Balaban J connectivity index is 1.81. The third-order valence-corrected chi connectivity index (χ3v) is 3.47. The second-order valence-electron chi connectivity index (χ2n) is 4.90. The Kier molecular flexibility index (Phi) is 4.30. The van der Waals surface area contributed by atoms with Crippen LogP contribution in [0.15, 0.2) is 80.1 Å². The molecule has 0 aliphatic carbocycles. The molecule has 0 bridgehead atoms. The number of benzene rings is 2. The van der Waals surface area contributed by atoms with Gasteiger partial charge in [-0.15, -0.1) is 0 Å². The fourth-order valence-electron chi connectivity index (χ4n) is 2.36. The highest BCUT2D eigenvalue weighted by atomic mass is 16.5. The molecule has 22 heavy (non-hydrogen) atoms. The van der Waals surface area contributed by atoms with Gasteiger partial charge in [0.25, 0.3) is 0 Å². The lowest BCUT2D eigenvalue weighted by molar-refractivity contribution is 0.124. The van der Waals surface area contributed by atoms with Crippen LogP contribution in [0.3, 0.4) is 0 Å². The number of hydrogen-bond acceptors (Lipinski definition) is 3. The summed E-state index contributed by atoms with van der Waals surface area (Å²) < 4.78 is 7.37. The molecule has 0 saturated heterocycles. The summed E-state index contributed by atoms with van der Waals surface area (Å²) in [6.07, 6.45) is 4.53. The smallest absolute Gasteiger partial charge is 0.142 e. The number of rotatable bonds is 6. The molecule has 0 radical (unpaired) electrons. The highest BCUT2D eigenvalue weighted by Crippen LogP contribution is 2.24. The van der Waals surface area contributed by atoms with E-state index in [0.29, 0.717) is 6.54 Å². The van der Waals surface area contributed by atoms with Gasteiger partial charge in [0.1, 0.15) is 18.8 Å². The van der Waals surface area contributed by atoms with Crippen molar-refractivity contribution in [2.75, 3.05) is 0 Å². The van der Waals surface area contributed by atoms with E-state index in [4.69, 9.17) is 4.74 Å². The van der Waals surface area contributed by atoms with Crippen LogP contribution in [0.25, 0.3) is 11.1 Å². The zero-order chi connectivity index (χ0) is 15.2. The first-order chi connectivity index (χ1) is 10.9. The summed E-state index contributed by atoms with van der Waals surface area (Å²) in [6.45, 7) is 4.25. The number of hydrogen-bond donors (Lipinski definition) is 0. The molecule has 4 heteroatoms. The summed E-state index contributed by atoms with van der Waals surface area (Å²) >= 11 is 0. The normalized spacial score (nSPS) is 11.8. The first kappa shape index (κ1) is 14.1. The Morgan fingerprint density at radius 1 is 1.05 bits per heavy atom. The van der Waals surface area contributed by atoms with Crippen LogP contribution in [0.5, 0.6) is 0 Å². The summed E-state index contributed by atoms with van der Waals surface area (Å²) in [7, 11) is 0. The zero-order valence-corrected chi connectivity index (χ0v) is 12.2. The molecule has 1 aromatic heterocycles. The Labute approximate surface area is 129 Å². The van der Waals surface area contributed by atoms with Crippen molar-refractivity contribution in [2.45, 2.75) is 12.6 Å². The molecule has 0 aliphatic heterocycles. The standard InChI is InChI=1S/C18H17N3O/c1-2-22-18(12-21-14-19-13-20-21)17-10-8-16(9-11-17)15-6-4-3-5-7-15/h2-11,13-14,18H,1,12H2. The van der Waals surface area contributed by atoms with Crippen LogP contribution in [0.1, 0.15) is 11.7 Å². The van der Waals surface area contributed by atoms with E-state index >= 15 is 0 Å². The summed E-state index contributed by atoms with van der Waals surface area (Å²) in [5, 5.41) is 4.12. The quantitative estimate of drug-likeness (QED) is 0.648. The fraction of sp³-hybridized carbons (Fsp3) is 0.111. The van der Waals surface area contributed by atoms with Gasteiger partial charge in [-0.25, -0.2) is 9.67 Å². The summed E-state index contributed by atoms with van der Waals surface area (Å²) in [6, 6.07) is 18.7. The van der Waals surface area contributed by atoms with E-state index in [1.54, 1.807) is 11.0 Å². The molecule has 1 atom stereocenters. The molecule has 1 heterocycles. The van der Waals surface area contributed by atoms with Gasteiger partial charge in [-0.05, 0) is 16.7 Å². The zero-order valence-electron chi connectivity index (χ0n) is 12.2. The SMILES string of the molecule is C=COC(Cn1cncn1)c1ccc(-c2ccccc2)cc1. The molecule has 110 valence electrons. The monoisotopic (exact) mass is 291 g/mol. The minimum absolute atomic E-state index is 0.135. The van der Waals surface area contributed by atoms with Gasteiger partial charge in [-0.2, -0.15) is 5.10 Å². The van der Waals surface area contributed by atoms with Gasteiger partial charge in [0.15, 0.2) is 0 Å². The summed E-state index contributed by atoms with van der Waals surface area (Å²) in [4.78, 5) is 3.95. The van der Waals surface area contributed by atoms with Crippen molar-refractivity contribution in [3.05, 3.63) is 85.7 Å². The van der Waals surface area contributed by atoms with Gasteiger partial charge < -0.3 is 4.74 Å². The Bertz CT molecular complexity index is 706. The molecular weight excluding hydrogens is 274 g/mol. The number of nitrogens with zero attached hydrogens (tertiary/aromatic N) is 3. The average molecular weight is 291 g/mol. The van der Waals surface area contributed by atoms with Gasteiger partial charge in [0, 0.05) is 0 Å². The van der Waals surface area contributed by atoms with E-state index in [2.05, 4.69) is 53.1 Å². The molecule has 0 saturated carbocycles. The minimum Gasteiger partial charge on any atom is -0.492 e. The minimum atomic E-state index is -0.135. The maximum absolute atomic E-state index is 5.62. The molecule has 4 nitrogen and oxygen atoms in total. The van der Waals surface area contributed by atoms with Crippen molar-refractivity contribution in [1.82, 2.24) is 14.8 Å². The Morgan fingerprint density at radius 2 is 1.77 bits per heavy atom. The predicted octanol–water partition coefficient (Wildman–Crippen LogP) is 3.85. The first-order valence-corrected chi connectivity index (χ1v) is 7.11. The molecule has 0 spiro atoms. The Morgan fingerprint density at radius 3 is 2.41 bits per heavy atom. The third kappa shape index (κ3) is 3.23. The summed E-state index contributed by atoms with van der Waals surface area (Å²) in [5.41, 5.74) is 3.46. The molecule has 2 aromatic carbocycles. The highest BCUT2D eigenvalue weighted by Gasteiger charge is 2.13. The van der Waals surface area contributed by atoms with E-state index in [1.807, 2.05) is 18.2 Å². The van der Waals surface area contributed by atoms with Crippen LogP contribution in [-0.4, -0.2) is 14.8 Å². The van der Waals surface area contributed by atoms with Gasteiger partial charge in [0.05, 0.1) is 12.8 Å². The Hall–Kier alpha value is -2.88. The predicted molar refractivity (Wildman–Crippen MR) is 85.9 cm³/mol. The van der Waals surface area contributed by atoms with Crippen LogP contribution >= 0.6 is 0 Å². The van der Waals surface area contributed by atoms with Crippen molar-refractivity contribution in [3.63, 3.8) is 0 Å². The summed E-state index contributed by atoms with van der Waals surface area (Å²) in [5.74, 6) is 0. The number of aromatic nitrogens is 3. The van der Waals surface area contributed by atoms with E-state index in [0.717, 1.165) is 5.56 Å². The van der Waals surface area contributed by atoms with E-state index < -0.39 is 0 Å². The van der Waals surface area contributed by atoms with Crippen molar-refractivity contribution in [2.24, 2.45) is 0 Å². The second-order valence-corrected chi connectivity index (χ2v) is 4.90. The lowest BCUT2D eigenvalue weighted by atomic mass is 10.0. The maximum atomic E-state index is 5.62. The molecule has 0 N–H and O–H groups in total. The molecule has 3 rings (SSSR count). The lowest BCUT2D eigenvalue weighted by Crippen LogP contribution is -2.11. The van der Waals surface area contributed by atoms with Gasteiger partial charge in [-0.3, -0.25) is 0 Å². The van der Waals surface area contributed by atoms with Gasteiger partial charge in [0.2, 0.25) is 0 Å². The van der Waals surface area contributed by atoms with Crippen molar-refractivity contribution in [3.8, 4) is 11.1 Å². The molecule has 0 fully saturated rings. The number of ether oxygens (including phenoxy) is 1. The van der Waals surface area contributed by atoms with Crippen molar-refractivity contribution in [1.29, 1.82) is 0 Å². The highest BCUT2D eigenvalue weighted by molar-refractivity contribution is 5.63. The molecule has 0 amide bonds. The van der Waals surface area contributed by atoms with Crippen LogP contribution in [-0.2, 0) is 11.3 Å². The van der Waals surface area contributed by atoms with Crippen LogP contribution in [0.2, 0.25) is 0 Å². The van der Waals surface area contributed by atoms with Crippen molar-refractivity contribution < 1.29 is 4.74 Å².